The minimum atomic E-state index is -10.2. The molecule has 0 saturated heterocycles. The van der Waals surface area contributed by atoms with E-state index in [4.69, 9.17) is 10.2 Å². The van der Waals surface area contributed by atoms with Gasteiger partial charge >= 0.3 is 60.2 Å². The van der Waals surface area contributed by atoms with Gasteiger partial charge in [0.25, 0.3) is 0 Å². The van der Waals surface area contributed by atoms with Gasteiger partial charge in [-0.3, -0.25) is 0 Å². The number of alkyl halides is 24. The molecule has 0 aliphatic carbocycles. The van der Waals surface area contributed by atoms with Crippen molar-refractivity contribution in [3.63, 3.8) is 0 Å². The van der Waals surface area contributed by atoms with Crippen LogP contribution in [0, 0.1) is 0 Å². The molecule has 2 atom stereocenters. The van der Waals surface area contributed by atoms with E-state index >= 15 is 0 Å². The van der Waals surface area contributed by atoms with Gasteiger partial charge in [0.1, 0.15) is 0 Å². The van der Waals surface area contributed by atoms with Crippen molar-refractivity contribution >= 4 is 0 Å². The van der Waals surface area contributed by atoms with Crippen molar-refractivity contribution in [2.24, 2.45) is 0 Å². The lowest BCUT2D eigenvalue weighted by Crippen LogP contribution is -2.94. The highest BCUT2D eigenvalue weighted by molar-refractivity contribution is 5.35. The van der Waals surface area contributed by atoms with Gasteiger partial charge in [0, 0.05) is 0 Å². The van der Waals surface area contributed by atoms with Gasteiger partial charge in [-0.2, -0.15) is 96.6 Å². The molecule has 0 spiro atoms. The van der Waals surface area contributed by atoms with Gasteiger partial charge < -0.3 is 10.2 Å². The Morgan fingerprint density at radius 2 is 0.368 bits per heavy atom. The van der Waals surface area contributed by atoms with Gasteiger partial charge in [-0.1, -0.05) is 0 Å². The van der Waals surface area contributed by atoms with Crippen LogP contribution < -0.4 is 0 Å². The summed E-state index contributed by atoms with van der Waals surface area (Å²) in [5.41, 5.74) is -40.2. The molecular weight excluding hydrogens is 632 g/mol. The Labute approximate surface area is 188 Å². The molecule has 26 heteroatoms. The lowest BCUT2D eigenvalue weighted by molar-refractivity contribution is -0.533. The van der Waals surface area contributed by atoms with Crippen molar-refractivity contribution in [1.82, 2.24) is 0 Å². The fraction of sp³-hybridized carbons (Fsp3) is 1.00. The second-order valence-electron chi connectivity index (χ2n) is 6.87. The smallest absolute Gasteiger partial charge is 0.377 e. The predicted octanol–water partition coefficient (Wildman–Crippen LogP) is 6.51. The third kappa shape index (κ3) is 4.00. The summed E-state index contributed by atoms with van der Waals surface area (Å²) in [7, 11) is 0. The fourth-order valence-electron chi connectivity index (χ4n) is 2.94. The third-order valence-electron chi connectivity index (χ3n) is 4.70. The van der Waals surface area contributed by atoms with Gasteiger partial charge in [-0.25, -0.2) is 8.78 Å². The maximum atomic E-state index is 14.4. The van der Waals surface area contributed by atoms with E-state index in [0.29, 0.717) is 0 Å². The summed E-state index contributed by atoms with van der Waals surface area (Å²) in [6, 6.07) is 0. The van der Waals surface area contributed by atoms with E-state index in [1.807, 2.05) is 0 Å². The predicted molar refractivity (Wildman–Crippen MR) is 63.8 cm³/mol. The molecule has 230 valence electrons. The highest BCUT2D eigenvalue weighted by Crippen LogP contribution is 2.72. The van der Waals surface area contributed by atoms with Crippen molar-refractivity contribution in [1.29, 1.82) is 0 Å². The molecule has 0 heterocycles. The van der Waals surface area contributed by atoms with Crippen LogP contribution in [0.15, 0.2) is 0 Å². The molecule has 0 bridgehead atoms. The molecule has 0 fully saturated rings. The molecule has 38 heavy (non-hydrogen) atoms. The molecule has 0 saturated carbocycles. The Hall–Kier alpha value is -1.76. The second kappa shape index (κ2) is 8.37. The van der Waals surface area contributed by atoms with Crippen molar-refractivity contribution in [2.75, 3.05) is 0 Å². The summed E-state index contributed by atoms with van der Waals surface area (Å²) < 4.78 is 316. The highest BCUT2D eigenvalue weighted by Gasteiger charge is 3.06. The van der Waals surface area contributed by atoms with E-state index in [1.165, 1.54) is 0 Å². The Balaban J connectivity index is 9.39. The van der Waals surface area contributed by atoms with Crippen LogP contribution in [0.5, 0.6) is 0 Å². The first-order valence-corrected chi connectivity index (χ1v) is 7.73. The molecule has 0 amide bonds. The fourth-order valence-corrected chi connectivity index (χ4v) is 2.94. The van der Waals surface area contributed by atoms with Crippen molar-refractivity contribution in [2.45, 2.75) is 71.4 Å². The van der Waals surface area contributed by atoms with Gasteiger partial charge in [0.15, 0.2) is 0 Å². The van der Waals surface area contributed by atoms with E-state index in [0.717, 1.165) is 0 Å². The van der Waals surface area contributed by atoms with Crippen molar-refractivity contribution in [3.05, 3.63) is 0 Å². The molecule has 2 nitrogen and oxygen atoms in total. The Morgan fingerprint density at radius 1 is 0.237 bits per heavy atom. The first-order valence-electron chi connectivity index (χ1n) is 7.73. The van der Waals surface area contributed by atoms with Crippen molar-refractivity contribution < 1.29 is 116 Å². The zero-order valence-electron chi connectivity index (χ0n) is 16.0. The van der Waals surface area contributed by atoms with Crippen LogP contribution in [-0.2, 0) is 0 Å². The zero-order valence-corrected chi connectivity index (χ0v) is 16.0. The van der Waals surface area contributed by atoms with E-state index in [1.54, 1.807) is 0 Å². The number of hydrogen-bond acceptors (Lipinski definition) is 2. The summed E-state index contributed by atoms with van der Waals surface area (Å²) in [5.74, 6) is -19.5. The molecule has 0 aromatic carbocycles. The second-order valence-corrected chi connectivity index (χ2v) is 6.87. The summed E-state index contributed by atoms with van der Waals surface area (Å²) in [6.07, 6.45) is -54.9. The van der Waals surface area contributed by atoms with Crippen LogP contribution in [0.2, 0.25) is 0 Å². The van der Waals surface area contributed by atoms with Crippen molar-refractivity contribution in [3.8, 4) is 0 Å². The molecule has 0 aliphatic heterocycles. The summed E-state index contributed by atoms with van der Waals surface area (Å²) in [6.45, 7) is 0. The summed E-state index contributed by atoms with van der Waals surface area (Å²) in [4.78, 5) is 0. The van der Waals surface area contributed by atoms with E-state index in [9.17, 15) is 105 Å². The topological polar surface area (TPSA) is 40.5 Å². The third-order valence-corrected chi connectivity index (χ3v) is 4.70. The monoisotopic (exact) mass is 634 g/mol. The van der Waals surface area contributed by atoms with Crippen LogP contribution in [0.1, 0.15) is 0 Å². The average molecular weight is 634 g/mol. The SMILES string of the molecule is OC(C(F)(F)C(F)(F)F)(C(O)(C(F)(F)C(F)(F)F)C(F)(C(F)(F)F)C(F)(F)F)C(F)(C(F)(F)F)C(F)(F)F. The molecule has 0 aromatic heterocycles. The van der Waals surface area contributed by atoms with Gasteiger partial charge in [-0.05, 0) is 0 Å². The van der Waals surface area contributed by atoms with Crippen LogP contribution in [-0.4, -0.2) is 81.7 Å². The summed E-state index contributed by atoms with van der Waals surface area (Å²) >= 11 is 0. The molecule has 0 aromatic rings. The first-order chi connectivity index (χ1) is 15.8. The molecule has 0 aliphatic rings. The highest BCUT2D eigenvalue weighted by atomic mass is 19.5. The van der Waals surface area contributed by atoms with Gasteiger partial charge in [0.05, 0.1) is 0 Å². The normalized spacial score (nSPS) is 19.7. The minimum absolute atomic E-state index is 8.99. The van der Waals surface area contributed by atoms with E-state index in [-0.39, 0.29) is 0 Å². The molecular formula is C12H2F24O2. The van der Waals surface area contributed by atoms with Crippen LogP contribution in [0.4, 0.5) is 105 Å². The lowest BCUT2D eigenvalue weighted by atomic mass is 9.57. The molecule has 0 rings (SSSR count). The Morgan fingerprint density at radius 3 is 0.447 bits per heavy atom. The van der Waals surface area contributed by atoms with Crippen LogP contribution in [0.25, 0.3) is 0 Å². The maximum absolute atomic E-state index is 14.4. The largest absolute Gasteiger partial charge is 0.456 e. The number of halogens is 24. The van der Waals surface area contributed by atoms with Crippen LogP contribution in [0.3, 0.4) is 0 Å². The minimum Gasteiger partial charge on any atom is -0.377 e. The molecule has 2 N–H and O–H groups in total. The Kier molecular flexibility index (Phi) is 7.99. The quantitative estimate of drug-likeness (QED) is 0.339. The summed E-state index contributed by atoms with van der Waals surface area (Å²) in [5, 5.41) is 18.0. The lowest BCUT2D eigenvalue weighted by Gasteiger charge is -2.58. The number of hydrogen-bond donors (Lipinski definition) is 2. The molecule has 0 radical (unpaired) electrons. The van der Waals surface area contributed by atoms with E-state index in [2.05, 4.69) is 0 Å². The van der Waals surface area contributed by atoms with Gasteiger partial charge in [-0.15, -0.1) is 0 Å². The maximum Gasteiger partial charge on any atom is 0.456 e. The number of aliphatic hydroxyl groups is 2. The van der Waals surface area contributed by atoms with Crippen LogP contribution >= 0.6 is 0 Å². The van der Waals surface area contributed by atoms with Gasteiger partial charge in [0.2, 0.25) is 11.2 Å². The standard InChI is InChI=1S/C12H2F24O2/c13-1(7(19,20)21,8(22,23)24)3(37,5(15,16)11(31,32)33)4(38,6(17,18)12(34,35)36)2(14,9(25,26)27)10(28,29)30/h37-38H. The number of rotatable bonds is 5. The average Bonchev–Trinajstić information content (AvgIpc) is 2.59. The first kappa shape index (κ1) is 36.2. The molecule has 2 unspecified atom stereocenters. The zero-order chi connectivity index (χ0) is 32.0. The Bertz CT molecular complexity index is 764. The van der Waals surface area contributed by atoms with E-state index < -0.39 is 71.4 Å².